The number of hydrogen-bond acceptors (Lipinski definition) is 5. The summed E-state index contributed by atoms with van der Waals surface area (Å²) in [7, 11) is 0. The Balaban J connectivity index is 1.50. The molecule has 3 unspecified atom stereocenters. The molecule has 2 fully saturated rings. The highest BCUT2D eigenvalue weighted by Gasteiger charge is 2.47. The lowest BCUT2D eigenvalue weighted by Gasteiger charge is -2.51. The fourth-order valence-corrected chi connectivity index (χ4v) is 6.06. The first-order valence-corrected chi connectivity index (χ1v) is 11.8. The number of hydrogen-bond donors (Lipinski definition) is 3. The summed E-state index contributed by atoms with van der Waals surface area (Å²) in [6.07, 6.45) is 8.74. The first-order valence-electron chi connectivity index (χ1n) is 11.0. The predicted molar refractivity (Wildman–Crippen MR) is 125 cm³/mol. The summed E-state index contributed by atoms with van der Waals surface area (Å²) in [5.41, 5.74) is 6.69. The van der Waals surface area contributed by atoms with E-state index in [-0.39, 0.29) is 28.6 Å². The number of nitrogens with two attached hydrogens (primary N) is 1. The van der Waals surface area contributed by atoms with Gasteiger partial charge in [0.25, 0.3) is 5.56 Å². The largest absolute Gasteiger partial charge is 0.489 e. The molecule has 3 N–H and O–H groups in total. The Bertz CT molecular complexity index is 942. The number of nitrogens with one attached hydrogen (secondary N) is 1. The molecule has 30 heavy (non-hydrogen) atoms. The van der Waals surface area contributed by atoms with Gasteiger partial charge in [-0.2, -0.15) is 0 Å². The van der Waals surface area contributed by atoms with Gasteiger partial charge in [-0.25, -0.2) is 0 Å². The molecule has 0 bridgehead atoms. The number of pyridine rings is 1. The first kappa shape index (κ1) is 22.0. The van der Waals surface area contributed by atoms with Crippen LogP contribution in [-0.4, -0.2) is 29.2 Å². The molecule has 4 rings (SSSR count). The second kappa shape index (κ2) is 9.11. The third-order valence-corrected chi connectivity index (χ3v) is 7.89. The number of ether oxygens (including phenoxy) is 2. The van der Waals surface area contributed by atoms with Crippen LogP contribution in [-0.2, 0) is 4.74 Å². The lowest BCUT2D eigenvalue weighted by atomic mass is 9.59. The number of thiol groups is 1. The third kappa shape index (κ3) is 4.24. The maximum Gasteiger partial charge on any atom is 0.255 e. The van der Waals surface area contributed by atoms with Gasteiger partial charge < -0.3 is 20.2 Å². The molecule has 7 heteroatoms. The molecule has 0 amide bonds. The number of halogens is 1. The van der Waals surface area contributed by atoms with Gasteiger partial charge in [-0.05, 0) is 79.9 Å². The minimum atomic E-state index is -0.143. The van der Waals surface area contributed by atoms with E-state index in [2.05, 4.69) is 24.5 Å². The SMILES string of the molecule is CCC(N)C1(C2CCOC(S)C2)CCC(Oc2cc3cc[nH]c(=O)c3cc2Cl)CC1. The summed E-state index contributed by atoms with van der Waals surface area (Å²) in [6, 6.07) is 5.61. The zero-order chi connectivity index (χ0) is 21.3. The molecule has 1 saturated heterocycles. The zero-order valence-corrected chi connectivity index (χ0v) is 19.1. The summed E-state index contributed by atoms with van der Waals surface area (Å²) in [5, 5.41) is 1.88. The van der Waals surface area contributed by atoms with Crippen molar-refractivity contribution in [3.8, 4) is 5.75 Å². The zero-order valence-electron chi connectivity index (χ0n) is 17.4. The van der Waals surface area contributed by atoms with Gasteiger partial charge in [0.2, 0.25) is 0 Å². The van der Waals surface area contributed by atoms with Crippen LogP contribution in [0.25, 0.3) is 10.8 Å². The molecule has 2 aromatic rings. The Morgan fingerprint density at radius 1 is 1.37 bits per heavy atom. The van der Waals surface area contributed by atoms with E-state index in [4.69, 9.17) is 26.8 Å². The average Bonchev–Trinajstić information content (AvgIpc) is 2.75. The van der Waals surface area contributed by atoms with Crippen molar-refractivity contribution < 1.29 is 9.47 Å². The standard InChI is InChI=1S/C23H31ClN2O3S/c1-2-20(25)23(15-6-10-28-21(30)12-15)7-3-16(4-8-23)29-19-11-14-5-9-26-22(27)17(14)13-18(19)24/h5,9,11,13,15-16,20-21,30H,2-4,6-8,10,12,25H2,1H3,(H,26,27). The Kier molecular flexibility index (Phi) is 6.68. The van der Waals surface area contributed by atoms with Crippen LogP contribution in [0.15, 0.2) is 29.2 Å². The number of aromatic nitrogens is 1. The molecule has 0 radical (unpaired) electrons. The second-order valence-electron chi connectivity index (χ2n) is 8.79. The molecular weight excluding hydrogens is 420 g/mol. The van der Waals surface area contributed by atoms with Crippen molar-refractivity contribution in [2.45, 2.75) is 69.5 Å². The quantitative estimate of drug-likeness (QED) is 0.565. The molecule has 0 spiro atoms. The van der Waals surface area contributed by atoms with Crippen molar-refractivity contribution in [1.29, 1.82) is 0 Å². The van der Waals surface area contributed by atoms with Gasteiger partial charge in [-0.15, -0.1) is 12.6 Å². The van der Waals surface area contributed by atoms with Crippen LogP contribution >= 0.6 is 24.2 Å². The second-order valence-corrected chi connectivity index (χ2v) is 9.77. The topological polar surface area (TPSA) is 77.3 Å². The lowest BCUT2D eigenvalue weighted by molar-refractivity contribution is -0.0483. The molecule has 1 saturated carbocycles. The first-order chi connectivity index (χ1) is 14.4. The summed E-state index contributed by atoms with van der Waals surface area (Å²) in [5.74, 6) is 1.19. The summed E-state index contributed by atoms with van der Waals surface area (Å²) in [6.45, 7) is 2.95. The Hall–Kier alpha value is -1.21. The van der Waals surface area contributed by atoms with E-state index in [1.54, 1.807) is 12.3 Å². The summed E-state index contributed by atoms with van der Waals surface area (Å²) < 4.78 is 12.0. The minimum Gasteiger partial charge on any atom is -0.489 e. The maximum atomic E-state index is 12.0. The highest BCUT2D eigenvalue weighted by molar-refractivity contribution is 7.80. The van der Waals surface area contributed by atoms with Gasteiger partial charge in [-0.3, -0.25) is 4.79 Å². The van der Waals surface area contributed by atoms with E-state index < -0.39 is 0 Å². The van der Waals surface area contributed by atoms with Crippen LogP contribution < -0.4 is 16.0 Å². The van der Waals surface area contributed by atoms with Gasteiger partial charge >= 0.3 is 0 Å². The highest BCUT2D eigenvalue weighted by atomic mass is 35.5. The van der Waals surface area contributed by atoms with Crippen molar-refractivity contribution in [3.63, 3.8) is 0 Å². The van der Waals surface area contributed by atoms with Crippen molar-refractivity contribution in [2.24, 2.45) is 17.1 Å². The van der Waals surface area contributed by atoms with Crippen LogP contribution in [0, 0.1) is 11.3 Å². The van der Waals surface area contributed by atoms with E-state index >= 15 is 0 Å². The van der Waals surface area contributed by atoms with E-state index in [1.165, 1.54) is 0 Å². The molecule has 164 valence electrons. The normalized spacial score (nSPS) is 30.9. The van der Waals surface area contributed by atoms with Crippen LogP contribution in [0.3, 0.4) is 0 Å². The number of aromatic amines is 1. The van der Waals surface area contributed by atoms with Crippen LogP contribution in [0.2, 0.25) is 5.02 Å². The summed E-state index contributed by atoms with van der Waals surface area (Å²) >= 11 is 11.0. The van der Waals surface area contributed by atoms with Crippen LogP contribution in [0.4, 0.5) is 0 Å². The lowest BCUT2D eigenvalue weighted by Crippen LogP contribution is -2.51. The fourth-order valence-electron chi connectivity index (χ4n) is 5.49. The smallest absolute Gasteiger partial charge is 0.255 e. The molecule has 1 aliphatic heterocycles. The number of fused-ring (bicyclic) bond motifs is 1. The number of benzene rings is 1. The molecule has 1 aromatic carbocycles. The Morgan fingerprint density at radius 2 is 2.13 bits per heavy atom. The predicted octanol–water partition coefficient (Wildman–Crippen LogP) is 4.91. The minimum absolute atomic E-state index is 0.0122. The number of H-pyrrole nitrogens is 1. The maximum absolute atomic E-state index is 12.0. The van der Waals surface area contributed by atoms with Crippen LogP contribution in [0.5, 0.6) is 5.75 Å². The average molecular weight is 451 g/mol. The van der Waals surface area contributed by atoms with E-state index in [1.807, 2.05) is 12.1 Å². The molecule has 2 aliphatic rings. The molecule has 5 nitrogen and oxygen atoms in total. The Labute approximate surface area is 188 Å². The van der Waals surface area contributed by atoms with Crippen LogP contribution in [0.1, 0.15) is 51.9 Å². The van der Waals surface area contributed by atoms with Gasteiger partial charge in [0.05, 0.1) is 11.1 Å². The van der Waals surface area contributed by atoms with Crippen molar-refractivity contribution in [3.05, 3.63) is 39.8 Å². The molecule has 3 atom stereocenters. The number of rotatable bonds is 5. The highest BCUT2D eigenvalue weighted by Crippen LogP contribution is 2.50. The van der Waals surface area contributed by atoms with Crippen molar-refractivity contribution in [2.75, 3.05) is 6.61 Å². The van der Waals surface area contributed by atoms with E-state index in [0.717, 1.165) is 56.9 Å². The van der Waals surface area contributed by atoms with E-state index in [9.17, 15) is 4.79 Å². The monoisotopic (exact) mass is 450 g/mol. The van der Waals surface area contributed by atoms with Gasteiger partial charge in [-0.1, -0.05) is 18.5 Å². The van der Waals surface area contributed by atoms with Crippen molar-refractivity contribution >= 4 is 35.0 Å². The third-order valence-electron chi connectivity index (χ3n) is 7.24. The van der Waals surface area contributed by atoms with Gasteiger partial charge in [0.1, 0.15) is 11.2 Å². The van der Waals surface area contributed by atoms with Gasteiger partial charge in [0, 0.05) is 24.2 Å². The molecular formula is C23H31ClN2O3S. The van der Waals surface area contributed by atoms with Crippen molar-refractivity contribution in [1.82, 2.24) is 4.98 Å². The molecule has 2 heterocycles. The van der Waals surface area contributed by atoms with Gasteiger partial charge in [0.15, 0.2) is 0 Å². The van der Waals surface area contributed by atoms with E-state index in [0.29, 0.717) is 22.1 Å². The molecule has 1 aliphatic carbocycles. The molecule has 1 aromatic heterocycles. The Morgan fingerprint density at radius 3 is 2.83 bits per heavy atom. The summed E-state index contributed by atoms with van der Waals surface area (Å²) in [4.78, 5) is 14.7. The fraction of sp³-hybridized carbons (Fsp3) is 0.609.